The van der Waals surface area contributed by atoms with E-state index >= 15 is 0 Å². The van der Waals surface area contributed by atoms with E-state index in [0.717, 1.165) is 12.8 Å². The molecule has 0 saturated carbocycles. The molecular formula is C18H18ClN3O4S. The Morgan fingerprint density at radius 3 is 2.74 bits per heavy atom. The summed E-state index contributed by atoms with van der Waals surface area (Å²) in [6.07, 6.45) is 1.95. The van der Waals surface area contributed by atoms with E-state index in [2.05, 4.69) is 17.6 Å². The standard InChI is InChI=1S/C18H18ClN3O4S/c1-2-3-9-26-14-6-4-5-12(10-14)17(23)21-18(27)20-16-8-7-13(22(24)25)11-15(16)19/h4-8,10-11H,2-3,9H2,1H3,(H2,20,21,23,27). The van der Waals surface area contributed by atoms with Crippen LogP contribution in [0.2, 0.25) is 5.02 Å². The molecule has 0 radical (unpaired) electrons. The van der Waals surface area contributed by atoms with Crippen LogP contribution in [0, 0.1) is 10.1 Å². The van der Waals surface area contributed by atoms with Crippen LogP contribution in [-0.2, 0) is 0 Å². The molecule has 9 heteroatoms. The number of nitrogens with zero attached hydrogens (tertiary/aromatic N) is 1. The summed E-state index contributed by atoms with van der Waals surface area (Å²) in [5, 5.41) is 16.2. The first kappa shape index (κ1) is 20.6. The van der Waals surface area contributed by atoms with Gasteiger partial charge in [-0.15, -0.1) is 0 Å². The van der Waals surface area contributed by atoms with Crippen molar-refractivity contribution in [2.24, 2.45) is 0 Å². The van der Waals surface area contributed by atoms with Crippen molar-refractivity contribution in [2.75, 3.05) is 11.9 Å². The lowest BCUT2D eigenvalue weighted by Crippen LogP contribution is -2.34. The maximum Gasteiger partial charge on any atom is 0.271 e. The van der Waals surface area contributed by atoms with E-state index in [-0.39, 0.29) is 15.8 Å². The number of rotatable bonds is 7. The number of nitro benzene ring substituents is 1. The molecule has 2 N–H and O–H groups in total. The van der Waals surface area contributed by atoms with E-state index in [1.54, 1.807) is 24.3 Å². The summed E-state index contributed by atoms with van der Waals surface area (Å²) in [5.74, 6) is 0.194. The molecule has 0 spiro atoms. The highest BCUT2D eigenvalue weighted by Gasteiger charge is 2.13. The Balaban J connectivity index is 1.98. The Morgan fingerprint density at radius 2 is 2.07 bits per heavy atom. The Hall–Kier alpha value is -2.71. The third kappa shape index (κ3) is 6.19. The van der Waals surface area contributed by atoms with Gasteiger partial charge in [0.2, 0.25) is 0 Å². The number of thiocarbonyl (C=S) groups is 1. The largest absolute Gasteiger partial charge is 0.494 e. The van der Waals surface area contributed by atoms with Gasteiger partial charge in [-0.2, -0.15) is 0 Å². The number of amides is 1. The molecule has 27 heavy (non-hydrogen) atoms. The van der Waals surface area contributed by atoms with Gasteiger partial charge >= 0.3 is 0 Å². The predicted molar refractivity (Wildman–Crippen MR) is 109 cm³/mol. The van der Waals surface area contributed by atoms with E-state index in [0.29, 0.717) is 23.6 Å². The van der Waals surface area contributed by atoms with Crippen LogP contribution in [0.4, 0.5) is 11.4 Å². The molecule has 0 heterocycles. The summed E-state index contributed by atoms with van der Waals surface area (Å²) in [4.78, 5) is 22.5. The summed E-state index contributed by atoms with van der Waals surface area (Å²) in [5.41, 5.74) is 0.604. The van der Waals surface area contributed by atoms with E-state index < -0.39 is 10.8 Å². The minimum absolute atomic E-state index is 0.0213. The van der Waals surface area contributed by atoms with Gasteiger partial charge in [-0.05, 0) is 42.9 Å². The number of hydrogen-bond acceptors (Lipinski definition) is 5. The third-order valence-corrected chi connectivity index (χ3v) is 4.02. The molecule has 0 bridgehead atoms. The van der Waals surface area contributed by atoms with Crippen molar-refractivity contribution in [3.63, 3.8) is 0 Å². The maximum absolute atomic E-state index is 12.3. The molecule has 0 aliphatic carbocycles. The average molecular weight is 408 g/mol. The molecule has 0 atom stereocenters. The van der Waals surface area contributed by atoms with Crippen LogP contribution in [-0.4, -0.2) is 22.5 Å². The second kappa shape index (κ2) is 9.84. The molecule has 0 saturated heterocycles. The molecular weight excluding hydrogens is 390 g/mol. The highest BCUT2D eigenvalue weighted by Crippen LogP contribution is 2.26. The molecule has 0 aliphatic heterocycles. The maximum atomic E-state index is 12.3. The molecule has 2 rings (SSSR count). The van der Waals surface area contributed by atoms with Crippen molar-refractivity contribution in [3.8, 4) is 5.75 Å². The quantitative estimate of drug-likeness (QED) is 0.302. The van der Waals surface area contributed by atoms with Crippen LogP contribution in [0.25, 0.3) is 0 Å². The van der Waals surface area contributed by atoms with Gasteiger partial charge in [-0.3, -0.25) is 20.2 Å². The number of carbonyl (C=O) groups excluding carboxylic acids is 1. The molecule has 142 valence electrons. The molecule has 0 unspecified atom stereocenters. The Morgan fingerprint density at radius 1 is 1.30 bits per heavy atom. The van der Waals surface area contributed by atoms with E-state index in [1.165, 1.54) is 18.2 Å². The van der Waals surface area contributed by atoms with Crippen molar-refractivity contribution in [1.82, 2.24) is 5.32 Å². The van der Waals surface area contributed by atoms with Gasteiger partial charge in [0, 0.05) is 17.7 Å². The van der Waals surface area contributed by atoms with Crippen molar-refractivity contribution in [3.05, 3.63) is 63.2 Å². The summed E-state index contributed by atoms with van der Waals surface area (Å²) >= 11 is 11.1. The molecule has 0 fully saturated rings. The molecule has 0 aliphatic rings. The number of benzene rings is 2. The first-order chi connectivity index (χ1) is 12.9. The molecule has 2 aromatic carbocycles. The Labute approximate surface area is 166 Å². The van der Waals surface area contributed by atoms with Crippen LogP contribution in [0.1, 0.15) is 30.1 Å². The topological polar surface area (TPSA) is 93.5 Å². The van der Waals surface area contributed by atoms with Gasteiger partial charge in [-0.25, -0.2) is 0 Å². The van der Waals surface area contributed by atoms with Gasteiger partial charge in [0.1, 0.15) is 5.75 Å². The highest BCUT2D eigenvalue weighted by atomic mass is 35.5. The fourth-order valence-electron chi connectivity index (χ4n) is 2.11. The van der Waals surface area contributed by atoms with E-state index in [4.69, 9.17) is 28.6 Å². The van der Waals surface area contributed by atoms with Crippen molar-refractivity contribution in [1.29, 1.82) is 0 Å². The van der Waals surface area contributed by atoms with Crippen molar-refractivity contribution < 1.29 is 14.5 Å². The normalized spacial score (nSPS) is 10.1. The van der Waals surface area contributed by atoms with Crippen LogP contribution >= 0.6 is 23.8 Å². The lowest BCUT2D eigenvalue weighted by atomic mass is 10.2. The third-order valence-electron chi connectivity index (χ3n) is 3.50. The second-order valence-electron chi connectivity index (χ2n) is 5.56. The number of nitrogens with one attached hydrogen (secondary N) is 2. The van der Waals surface area contributed by atoms with Crippen molar-refractivity contribution in [2.45, 2.75) is 19.8 Å². The summed E-state index contributed by atoms with van der Waals surface area (Å²) in [6.45, 7) is 2.65. The number of nitro groups is 1. The van der Waals surface area contributed by atoms with Gasteiger partial charge in [-0.1, -0.05) is 31.0 Å². The molecule has 7 nitrogen and oxygen atoms in total. The van der Waals surface area contributed by atoms with Gasteiger partial charge in [0.25, 0.3) is 11.6 Å². The van der Waals surface area contributed by atoms with Crippen LogP contribution in [0.3, 0.4) is 0 Å². The zero-order valence-corrected chi connectivity index (χ0v) is 16.1. The highest BCUT2D eigenvalue weighted by molar-refractivity contribution is 7.80. The SMILES string of the molecule is CCCCOc1cccc(C(=O)NC(=S)Nc2ccc([N+](=O)[O-])cc2Cl)c1. The van der Waals surface area contributed by atoms with E-state index in [1.807, 2.05) is 0 Å². The first-order valence-electron chi connectivity index (χ1n) is 8.20. The number of hydrogen-bond donors (Lipinski definition) is 2. The number of anilines is 1. The molecule has 0 aromatic heterocycles. The smallest absolute Gasteiger partial charge is 0.271 e. The fourth-order valence-corrected chi connectivity index (χ4v) is 2.53. The predicted octanol–water partition coefficient (Wildman–Crippen LogP) is 4.55. The Kier molecular flexibility index (Phi) is 7.51. The van der Waals surface area contributed by atoms with Crippen LogP contribution in [0.5, 0.6) is 5.75 Å². The van der Waals surface area contributed by atoms with Crippen molar-refractivity contribution >= 4 is 46.2 Å². The Bertz CT molecular complexity index is 860. The monoisotopic (exact) mass is 407 g/mol. The zero-order chi connectivity index (χ0) is 19.8. The summed E-state index contributed by atoms with van der Waals surface area (Å²) < 4.78 is 5.58. The first-order valence-corrected chi connectivity index (χ1v) is 8.98. The number of unbranched alkanes of at least 4 members (excludes halogenated alkanes) is 1. The van der Waals surface area contributed by atoms with Crippen LogP contribution in [0.15, 0.2) is 42.5 Å². The number of non-ortho nitro benzene ring substituents is 1. The van der Waals surface area contributed by atoms with Gasteiger partial charge in [0.15, 0.2) is 5.11 Å². The second-order valence-corrected chi connectivity index (χ2v) is 6.37. The van der Waals surface area contributed by atoms with Crippen LogP contribution < -0.4 is 15.4 Å². The summed E-state index contributed by atoms with van der Waals surface area (Å²) in [6, 6.07) is 10.7. The molecule has 2 aromatic rings. The number of carbonyl (C=O) groups is 1. The minimum atomic E-state index is -0.550. The number of halogens is 1. The zero-order valence-electron chi connectivity index (χ0n) is 14.5. The molecule has 1 amide bonds. The minimum Gasteiger partial charge on any atom is -0.494 e. The average Bonchev–Trinajstić information content (AvgIpc) is 2.63. The number of ether oxygens (including phenoxy) is 1. The summed E-state index contributed by atoms with van der Waals surface area (Å²) in [7, 11) is 0. The van der Waals surface area contributed by atoms with Gasteiger partial charge in [0.05, 0.1) is 22.2 Å². The van der Waals surface area contributed by atoms with E-state index in [9.17, 15) is 14.9 Å². The lowest BCUT2D eigenvalue weighted by molar-refractivity contribution is -0.384. The fraction of sp³-hybridized carbons (Fsp3) is 0.222. The lowest BCUT2D eigenvalue weighted by Gasteiger charge is -2.11. The van der Waals surface area contributed by atoms with Gasteiger partial charge < -0.3 is 10.1 Å².